The average molecular weight is 519 g/mol. The predicted octanol–water partition coefficient (Wildman–Crippen LogP) is 7.06. The van der Waals surface area contributed by atoms with Crippen LogP contribution in [0.25, 0.3) is 0 Å². The minimum absolute atomic E-state index is 5.24. The Bertz CT molecular complexity index is 632. The molecule has 0 fully saturated rings. The van der Waals surface area contributed by atoms with E-state index in [1.807, 2.05) is 0 Å². The first-order valence-corrected chi connectivity index (χ1v) is 6.22. The molecule has 1 radical (unpaired) electrons. The second-order valence-corrected chi connectivity index (χ2v) is 5.36. The van der Waals surface area contributed by atoms with Crippen LogP contribution >= 0.6 is 0 Å². The fourth-order valence-electron chi connectivity index (χ4n) is 1.64. The zero-order valence-corrected chi connectivity index (χ0v) is 12.9. The van der Waals surface area contributed by atoms with Gasteiger partial charge in [0, 0.05) is 0 Å². The summed E-state index contributed by atoms with van der Waals surface area (Å²) in [6, 6.07) is 0. The quantitative estimate of drug-likeness (QED) is 0.316. The molecule has 21 heteroatoms. The molecule has 0 aliphatic rings. The zero-order chi connectivity index (χ0) is 26.1. The molecule has 0 aliphatic carbocycles. The second-order valence-electron chi connectivity index (χ2n) is 5.36. The van der Waals surface area contributed by atoms with Gasteiger partial charge >= 0.3 is 60.0 Å². The Hall–Kier alpha value is -1.47. The summed E-state index contributed by atoms with van der Waals surface area (Å²) in [4.78, 5) is 0. The topological polar surface area (TPSA) is 0 Å². The molecule has 0 aromatic rings. The predicted molar refractivity (Wildman–Crippen MR) is 51.1 cm³/mol. The van der Waals surface area contributed by atoms with E-state index in [-0.39, 0.29) is 0 Å². The van der Waals surface area contributed by atoms with Crippen LogP contribution in [0.15, 0.2) is 0 Å². The first-order chi connectivity index (χ1) is 12.9. The number of rotatable bonds is 7. The maximum Gasteiger partial charge on any atom is 0.438 e. The molecule has 0 unspecified atom stereocenters. The summed E-state index contributed by atoms with van der Waals surface area (Å²) >= 11 is 0. The Balaban J connectivity index is 7.11. The maximum absolute atomic E-state index is 13.2. The molecule has 0 heterocycles. The molecule has 0 aliphatic heterocycles. The van der Waals surface area contributed by atoms with Crippen LogP contribution < -0.4 is 0 Å². The Morgan fingerprint density at radius 3 is 0.774 bits per heavy atom. The fraction of sp³-hybridized carbons (Fsp3) is 0.900. The zero-order valence-electron chi connectivity index (χ0n) is 12.9. The van der Waals surface area contributed by atoms with Crippen molar-refractivity contribution in [3.05, 3.63) is 6.43 Å². The van der Waals surface area contributed by atoms with Crippen molar-refractivity contribution in [3.63, 3.8) is 0 Å². The molecule has 187 valence electrons. The molecule has 0 amide bonds. The normalized spacial score (nSPS) is 16.8. The van der Waals surface area contributed by atoms with Crippen molar-refractivity contribution in [2.75, 3.05) is 0 Å². The van der Waals surface area contributed by atoms with Crippen LogP contribution in [-0.4, -0.2) is 53.6 Å². The van der Waals surface area contributed by atoms with Crippen LogP contribution in [0, 0.1) is 6.43 Å². The van der Waals surface area contributed by atoms with Crippen LogP contribution in [0.5, 0.6) is 0 Å². The summed E-state index contributed by atoms with van der Waals surface area (Å²) in [7, 11) is 0. The minimum atomic E-state index is -9.21. The third kappa shape index (κ3) is 3.43. The number of halogens is 21. The molecule has 0 spiro atoms. The summed E-state index contributed by atoms with van der Waals surface area (Å²) in [5, 5.41) is 0. The fourth-order valence-corrected chi connectivity index (χ4v) is 1.64. The highest BCUT2D eigenvalue weighted by molar-refractivity contribution is 5.20. The van der Waals surface area contributed by atoms with Crippen molar-refractivity contribution in [1.82, 2.24) is 0 Å². The molecule has 0 nitrogen and oxygen atoms in total. The van der Waals surface area contributed by atoms with Gasteiger partial charge in [0.2, 0.25) is 0 Å². The third-order valence-electron chi connectivity index (χ3n) is 3.42. The Kier molecular flexibility index (Phi) is 6.68. The number of hydrogen-bond donors (Lipinski definition) is 0. The van der Waals surface area contributed by atoms with E-state index < -0.39 is 60.0 Å². The van der Waals surface area contributed by atoms with Gasteiger partial charge in [0.25, 0.3) is 0 Å². The second kappa shape index (κ2) is 7.01. The highest BCUT2D eigenvalue weighted by Crippen LogP contribution is 2.66. The lowest BCUT2D eigenvalue weighted by molar-refractivity contribution is -0.472. The van der Waals surface area contributed by atoms with Crippen LogP contribution in [0.1, 0.15) is 0 Å². The smallest absolute Gasteiger partial charge is 0.216 e. The monoisotopic (exact) mass is 519 g/mol. The summed E-state index contributed by atoms with van der Waals surface area (Å²) in [6.07, 6.45) is -22.0. The third-order valence-corrected chi connectivity index (χ3v) is 3.42. The SMILES string of the molecule is F[C](F)C(F)(F)C(F)(F)C(F)(F)C(F)(F)C(F)(F)C(F)(F)C(F)(C(F)(F)F)C(F)(F)F. The summed E-state index contributed by atoms with van der Waals surface area (Å²) < 4.78 is 265. The van der Waals surface area contributed by atoms with Crippen molar-refractivity contribution in [1.29, 1.82) is 0 Å². The van der Waals surface area contributed by atoms with Crippen molar-refractivity contribution in [2.45, 2.75) is 53.6 Å². The molecule has 0 atom stereocenters. The lowest BCUT2D eigenvalue weighted by Crippen LogP contribution is -2.77. The van der Waals surface area contributed by atoms with Crippen LogP contribution in [0.3, 0.4) is 0 Å². The largest absolute Gasteiger partial charge is 0.438 e. The Labute approximate surface area is 153 Å². The minimum Gasteiger partial charge on any atom is -0.216 e. The first kappa shape index (κ1) is 29.5. The van der Waals surface area contributed by atoms with Gasteiger partial charge in [-0.3, -0.25) is 0 Å². The van der Waals surface area contributed by atoms with E-state index in [1.54, 1.807) is 0 Å². The molecule has 0 rings (SSSR count). The van der Waals surface area contributed by atoms with Gasteiger partial charge in [0.05, 0.1) is 0 Å². The van der Waals surface area contributed by atoms with Crippen molar-refractivity contribution >= 4 is 0 Å². The molecule has 0 saturated carbocycles. The Morgan fingerprint density at radius 1 is 0.323 bits per heavy atom. The molecule has 0 aromatic carbocycles. The van der Waals surface area contributed by atoms with E-state index >= 15 is 0 Å². The van der Waals surface area contributed by atoms with Crippen LogP contribution in [0.4, 0.5) is 92.2 Å². The van der Waals surface area contributed by atoms with Gasteiger partial charge in [-0.2, -0.15) is 87.8 Å². The standard InChI is InChI=1S/C10F21/c11-1(12)2(13,14)4(16,17)6(20,21)8(24,25)7(22,23)5(18,19)3(15,9(26,27)28)10(29,30)31. The summed E-state index contributed by atoms with van der Waals surface area (Å²) in [5.41, 5.74) is -8.86. The van der Waals surface area contributed by atoms with Gasteiger partial charge < -0.3 is 0 Å². The van der Waals surface area contributed by atoms with Gasteiger partial charge in [0.1, 0.15) is 0 Å². The Morgan fingerprint density at radius 2 is 0.548 bits per heavy atom. The van der Waals surface area contributed by atoms with E-state index in [9.17, 15) is 92.2 Å². The van der Waals surface area contributed by atoms with Crippen molar-refractivity contribution < 1.29 is 92.2 Å². The number of hydrogen-bond acceptors (Lipinski definition) is 0. The first-order valence-electron chi connectivity index (χ1n) is 6.22. The molecule has 0 saturated heterocycles. The lowest BCUT2D eigenvalue weighted by atomic mass is 9.83. The summed E-state index contributed by atoms with van der Waals surface area (Å²) in [5.74, 6) is -52.9. The average Bonchev–Trinajstić information content (AvgIpc) is 2.50. The molecule has 0 bridgehead atoms. The maximum atomic E-state index is 13.2. The van der Waals surface area contributed by atoms with E-state index in [0.717, 1.165) is 0 Å². The van der Waals surface area contributed by atoms with Gasteiger partial charge in [-0.15, -0.1) is 0 Å². The molecule has 0 N–H and O–H groups in total. The van der Waals surface area contributed by atoms with Gasteiger partial charge in [0.15, 0.2) is 0 Å². The molecule has 0 aromatic heterocycles. The highest BCUT2D eigenvalue weighted by atomic mass is 19.4. The number of alkyl halides is 19. The highest BCUT2D eigenvalue weighted by Gasteiger charge is 2.98. The summed E-state index contributed by atoms with van der Waals surface area (Å²) in [6.45, 7) is 0. The van der Waals surface area contributed by atoms with Crippen LogP contribution in [0.2, 0.25) is 0 Å². The van der Waals surface area contributed by atoms with Crippen molar-refractivity contribution in [2.24, 2.45) is 0 Å². The van der Waals surface area contributed by atoms with E-state index in [1.165, 1.54) is 0 Å². The van der Waals surface area contributed by atoms with Gasteiger partial charge in [-0.05, 0) is 0 Å². The van der Waals surface area contributed by atoms with Crippen LogP contribution in [-0.2, 0) is 0 Å². The van der Waals surface area contributed by atoms with Crippen molar-refractivity contribution in [3.8, 4) is 0 Å². The van der Waals surface area contributed by atoms with Gasteiger partial charge in [-0.1, -0.05) is 0 Å². The van der Waals surface area contributed by atoms with E-state index in [0.29, 0.717) is 0 Å². The van der Waals surface area contributed by atoms with E-state index in [2.05, 4.69) is 0 Å². The molecular weight excluding hydrogens is 519 g/mol. The van der Waals surface area contributed by atoms with E-state index in [4.69, 9.17) is 0 Å². The van der Waals surface area contributed by atoms with Gasteiger partial charge in [-0.25, -0.2) is 4.39 Å². The molecular formula is C10F21. The lowest BCUT2D eigenvalue weighted by Gasteiger charge is -2.44. The molecule has 31 heavy (non-hydrogen) atoms.